The van der Waals surface area contributed by atoms with E-state index in [1.165, 1.54) is 11.5 Å². The fourth-order valence-electron chi connectivity index (χ4n) is 0.216. The minimum Gasteiger partial charge on any atom is -1.00 e. The molecule has 0 atom stereocenters. The van der Waals surface area contributed by atoms with Gasteiger partial charge in [-0.15, -0.1) is 0 Å². The summed E-state index contributed by atoms with van der Waals surface area (Å²) >= 11 is 10.8. The summed E-state index contributed by atoms with van der Waals surface area (Å²) in [4.78, 5) is 0. The first-order chi connectivity index (χ1) is 3.30. The van der Waals surface area contributed by atoms with Gasteiger partial charge in [-0.05, 0) is 11.5 Å². The molecule has 0 aliphatic carbocycles. The van der Waals surface area contributed by atoms with Crippen LogP contribution in [-0.2, 0) is 0 Å². The number of hydrogen-bond donors (Lipinski definition) is 2. The average molecular weight is 166 g/mol. The number of hydrogen-bond acceptors (Lipinski definition) is 3. The Balaban J connectivity index is -0.0000000612. The van der Waals surface area contributed by atoms with E-state index in [1.807, 2.05) is 0 Å². The molecule has 9 heavy (non-hydrogen) atoms. The molecule has 0 spiro atoms. The van der Waals surface area contributed by atoms with E-state index in [-0.39, 0.29) is 40.6 Å². The van der Waals surface area contributed by atoms with Crippen LogP contribution in [0.2, 0.25) is 0 Å². The van der Waals surface area contributed by atoms with Crippen molar-refractivity contribution in [2.24, 2.45) is 0 Å². The summed E-state index contributed by atoms with van der Waals surface area (Å²) < 4.78 is 4.05. The molecule has 7 heteroatoms. The van der Waals surface area contributed by atoms with E-state index in [2.05, 4.69) is 9.59 Å². The normalized spacial score (nSPS) is 7.11. The topological polar surface area (TPSA) is 31.6 Å². The van der Waals surface area contributed by atoms with Crippen LogP contribution >= 0.6 is 36.0 Å². The summed E-state index contributed by atoms with van der Waals surface area (Å²) in [7, 11) is 0. The van der Waals surface area contributed by atoms with Crippen molar-refractivity contribution in [3.05, 3.63) is 8.46 Å². The molecule has 2 N–H and O–H groups in total. The first-order valence-electron chi connectivity index (χ1n) is 1.57. The van der Waals surface area contributed by atoms with Gasteiger partial charge in [0.15, 0.2) is 0 Å². The minimum absolute atomic E-state index is 0. The summed E-state index contributed by atoms with van der Waals surface area (Å²) in [6.45, 7) is 0. The SMILES string of the molecule is S=c1[nH][nH]sc1=S.[H-].[H-].[Li+].[Li+]. The van der Waals surface area contributed by atoms with Crippen molar-refractivity contribution < 1.29 is 40.6 Å². The van der Waals surface area contributed by atoms with Gasteiger partial charge in [0.2, 0.25) is 0 Å². The van der Waals surface area contributed by atoms with Crippen LogP contribution in [0.25, 0.3) is 0 Å². The monoisotopic (exact) mass is 166 g/mol. The Bertz CT molecular complexity index is 230. The van der Waals surface area contributed by atoms with Gasteiger partial charge in [0.25, 0.3) is 0 Å². The standard InChI is InChI=1S/C2H2N2S3.2Li.2H/c5-1-2(6)7-4-3-1;;;;/h4H,(H,3,5);;;;/q;2*+1;2*-1. The van der Waals surface area contributed by atoms with Gasteiger partial charge in [-0.1, -0.05) is 24.4 Å². The molecule has 0 aliphatic heterocycles. The molecule has 1 aromatic rings. The predicted molar refractivity (Wildman–Crippen MR) is 36.9 cm³/mol. The Morgan fingerprint density at radius 3 is 2.00 bits per heavy atom. The van der Waals surface area contributed by atoms with Crippen molar-refractivity contribution >= 4 is 36.0 Å². The van der Waals surface area contributed by atoms with Gasteiger partial charge in [-0.25, -0.2) is 0 Å². The Labute approximate surface area is 93.9 Å². The molecule has 1 rings (SSSR count). The van der Waals surface area contributed by atoms with Gasteiger partial charge in [0.1, 0.15) is 8.46 Å². The zero-order valence-electron chi connectivity index (χ0n) is 7.22. The van der Waals surface area contributed by atoms with Crippen molar-refractivity contribution in [3.8, 4) is 0 Å². The van der Waals surface area contributed by atoms with Crippen molar-refractivity contribution in [1.29, 1.82) is 0 Å². The molecular formula is C2H4Li2N2S3. The molecule has 0 radical (unpaired) electrons. The van der Waals surface area contributed by atoms with E-state index < -0.39 is 0 Å². The summed E-state index contributed by atoms with van der Waals surface area (Å²) in [5.74, 6) is 0. The zero-order valence-corrected chi connectivity index (χ0v) is 7.67. The zero-order chi connectivity index (χ0) is 5.28. The van der Waals surface area contributed by atoms with Crippen LogP contribution < -0.4 is 37.7 Å². The molecule has 1 heterocycles. The average Bonchev–Trinajstić information content (AvgIpc) is 1.91. The van der Waals surface area contributed by atoms with Crippen molar-refractivity contribution in [2.75, 3.05) is 0 Å². The molecule has 0 aliphatic rings. The number of H-pyrrole nitrogens is 2. The molecule has 0 aromatic carbocycles. The summed E-state index contributed by atoms with van der Waals surface area (Å²) in [6, 6.07) is 0. The van der Waals surface area contributed by atoms with Crippen molar-refractivity contribution in [3.63, 3.8) is 0 Å². The largest absolute Gasteiger partial charge is 1.00 e. The second-order valence-electron chi connectivity index (χ2n) is 0.946. The third-order valence-corrected chi connectivity index (χ3v) is 2.11. The molecule has 0 bridgehead atoms. The maximum Gasteiger partial charge on any atom is 1.00 e. The first-order valence-corrected chi connectivity index (χ1v) is 3.20. The second-order valence-corrected chi connectivity index (χ2v) is 2.84. The van der Waals surface area contributed by atoms with Crippen molar-refractivity contribution in [1.82, 2.24) is 9.59 Å². The number of aromatic amines is 2. The van der Waals surface area contributed by atoms with E-state index in [0.29, 0.717) is 4.64 Å². The third-order valence-electron chi connectivity index (χ3n) is 0.494. The van der Waals surface area contributed by atoms with E-state index >= 15 is 0 Å². The van der Waals surface area contributed by atoms with Gasteiger partial charge in [0.05, 0.1) is 0 Å². The van der Waals surface area contributed by atoms with Crippen LogP contribution in [-0.4, -0.2) is 9.59 Å². The summed E-state index contributed by atoms with van der Waals surface area (Å²) in [6.07, 6.45) is 0. The second kappa shape index (κ2) is 5.94. The molecule has 42 valence electrons. The molecule has 1 aromatic heterocycles. The minimum atomic E-state index is 0. The number of aromatic nitrogens is 2. The molecule has 2 nitrogen and oxygen atoms in total. The third kappa shape index (κ3) is 3.80. The van der Waals surface area contributed by atoms with Crippen LogP contribution in [0, 0.1) is 8.46 Å². The Morgan fingerprint density at radius 2 is 1.89 bits per heavy atom. The van der Waals surface area contributed by atoms with Crippen LogP contribution in [0.3, 0.4) is 0 Å². The van der Waals surface area contributed by atoms with Crippen LogP contribution in [0.15, 0.2) is 0 Å². The first kappa shape index (κ1) is 12.8. The molecule has 0 amide bonds. The summed E-state index contributed by atoms with van der Waals surface area (Å²) in [5.41, 5.74) is 0. The molecule has 0 saturated heterocycles. The van der Waals surface area contributed by atoms with E-state index in [9.17, 15) is 0 Å². The van der Waals surface area contributed by atoms with Crippen LogP contribution in [0.1, 0.15) is 2.85 Å². The van der Waals surface area contributed by atoms with Gasteiger partial charge in [0, 0.05) is 0 Å². The maximum absolute atomic E-state index is 4.74. The Kier molecular flexibility index (Phi) is 8.47. The molecular weight excluding hydrogens is 162 g/mol. The quantitative estimate of drug-likeness (QED) is 0.305. The van der Waals surface area contributed by atoms with E-state index in [0.717, 1.165) is 3.82 Å². The van der Waals surface area contributed by atoms with E-state index in [1.54, 1.807) is 0 Å². The van der Waals surface area contributed by atoms with Gasteiger partial charge >= 0.3 is 37.7 Å². The molecule has 0 saturated carbocycles. The van der Waals surface area contributed by atoms with Gasteiger partial charge in [-0.3, -0.25) is 9.59 Å². The van der Waals surface area contributed by atoms with Crippen LogP contribution in [0.4, 0.5) is 0 Å². The summed E-state index contributed by atoms with van der Waals surface area (Å²) in [5, 5.41) is 2.67. The van der Waals surface area contributed by atoms with E-state index in [4.69, 9.17) is 24.4 Å². The molecule has 0 fully saturated rings. The number of nitrogens with one attached hydrogen (secondary N) is 2. The van der Waals surface area contributed by atoms with Gasteiger partial charge in [-0.2, -0.15) is 0 Å². The Morgan fingerprint density at radius 1 is 1.33 bits per heavy atom. The maximum atomic E-state index is 4.74. The predicted octanol–water partition coefficient (Wildman–Crippen LogP) is -3.90. The fraction of sp³-hybridized carbons (Fsp3) is 0. The smallest absolute Gasteiger partial charge is 1.00 e. The Hall–Kier alpha value is 1.19. The number of rotatable bonds is 0. The molecule has 0 unspecified atom stereocenters. The van der Waals surface area contributed by atoms with Crippen LogP contribution in [0.5, 0.6) is 0 Å². The van der Waals surface area contributed by atoms with Crippen molar-refractivity contribution in [2.45, 2.75) is 0 Å². The van der Waals surface area contributed by atoms with Gasteiger partial charge < -0.3 is 2.85 Å². The fourth-order valence-corrected chi connectivity index (χ4v) is 1.02.